The van der Waals surface area contributed by atoms with Crippen LogP contribution in [-0.4, -0.2) is 19.5 Å². The van der Waals surface area contributed by atoms with Crippen molar-refractivity contribution in [3.63, 3.8) is 0 Å². The van der Waals surface area contributed by atoms with E-state index in [2.05, 4.69) is 43.9 Å². The van der Waals surface area contributed by atoms with Gasteiger partial charge in [0.25, 0.3) is 0 Å². The number of hydrogen-bond donors (Lipinski definition) is 2. The summed E-state index contributed by atoms with van der Waals surface area (Å²) >= 11 is 11.3. The maximum atomic E-state index is 5.93. The highest BCUT2D eigenvalue weighted by molar-refractivity contribution is 7.71. The van der Waals surface area contributed by atoms with Crippen molar-refractivity contribution < 1.29 is 0 Å². The summed E-state index contributed by atoms with van der Waals surface area (Å²) in [5.74, 6) is 0.797. The van der Waals surface area contributed by atoms with Crippen molar-refractivity contribution in [3.05, 3.63) is 58.1 Å². The van der Waals surface area contributed by atoms with Gasteiger partial charge in [0.05, 0.1) is 16.6 Å². The average Bonchev–Trinajstić information content (AvgIpc) is 2.93. The minimum atomic E-state index is 0.660. The Kier molecular flexibility index (Phi) is 4.15. The van der Waals surface area contributed by atoms with E-state index in [9.17, 15) is 0 Å². The van der Waals surface area contributed by atoms with E-state index in [4.69, 9.17) is 23.8 Å². The third-order valence-corrected chi connectivity index (χ3v) is 4.79. The zero-order valence-electron chi connectivity index (χ0n) is 13.6. The predicted octanol–water partition coefficient (Wildman–Crippen LogP) is 4.93. The van der Waals surface area contributed by atoms with Gasteiger partial charge in [-0.1, -0.05) is 23.7 Å². The van der Waals surface area contributed by atoms with Crippen LogP contribution < -0.4 is 5.32 Å². The molecule has 0 radical (unpaired) electrons. The van der Waals surface area contributed by atoms with Gasteiger partial charge < -0.3 is 14.9 Å². The van der Waals surface area contributed by atoms with Crippen molar-refractivity contribution in [2.24, 2.45) is 0 Å². The lowest BCUT2D eigenvalue weighted by Crippen LogP contribution is -2.02. The predicted molar refractivity (Wildman–Crippen MR) is 105 cm³/mol. The monoisotopic (exact) mass is 369 g/mol. The fourth-order valence-corrected chi connectivity index (χ4v) is 3.41. The number of nitrogens with one attached hydrogen (secondary N) is 2. The van der Waals surface area contributed by atoms with Crippen LogP contribution in [0.1, 0.15) is 12.5 Å². The van der Waals surface area contributed by atoms with Gasteiger partial charge in [0.2, 0.25) is 0 Å². The summed E-state index contributed by atoms with van der Waals surface area (Å²) in [5, 5.41) is 5.07. The number of rotatable bonds is 4. The number of aromatic amines is 1. The molecule has 5 nitrogen and oxygen atoms in total. The lowest BCUT2D eigenvalue weighted by molar-refractivity contribution is 0.774. The smallest absolute Gasteiger partial charge is 0.178 e. The first-order chi connectivity index (χ1) is 12.2. The number of aromatic nitrogens is 4. The first-order valence-electron chi connectivity index (χ1n) is 8.01. The highest BCUT2D eigenvalue weighted by Gasteiger charge is 2.09. The molecule has 0 saturated carbocycles. The molecule has 0 bridgehead atoms. The standard InChI is InChI=1S/C18H16ClN5S/c1-2-24-16-8-14-13(7-15(16)23-18(24)25)17(22-10-21-14)20-9-11-3-5-12(19)6-4-11/h3-8,10H,2,9H2,1H3,(H,23,25)(H,20,21,22). The van der Waals surface area contributed by atoms with Crippen molar-refractivity contribution in [3.8, 4) is 0 Å². The Bertz CT molecular complexity index is 1110. The molecule has 0 fully saturated rings. The summed E-state index contributed by atoms with van der Waals surface area (Å²) in [5.41, 5.74) is 4.07. The fourth-order valence-electron chi connectivity index (χ4n) is 2.95. The molecule has 2 aromatic heterocycles. The van der Waals surface area contributed by atoms with E-state index >= 15 is 0 Å². The molecule has 0 spiro atoms. The lowest BCUT2D eigenvalue weighted by Gasteiger charge is -2.09. The van der Waals surface area contributed by atoms with Gasteiger partial charge in [0.1, 0.15) is 12.1 Å². The van der Waals surface area contributed by atoms with Crippen molar-refractivity contribution in [2.45, 2.75) is 20.0 Å². The number of nitrogens with zero attached hydrogens (tertiary/aromatic N) is 3. The highest BCUT2D eigenvalue weighted by atomic mass is 35.5. The second-order valence-electron chi connectivity index (χ2n) is 5.76. The van der Waals surface area contributed by atoms with Gasteiger partial charge in [0.15, 0.2) is 4.77 Å². The largest absolute Gasteiger partial charge is 0.365 e. The summed E-state index contributed by atoms with van der Waals surface area (Å²) in [7, 11) is 0. The maximum Gasteiger partial charge on any atom is 0.178 e. The van der Waals surface area contributed by atoms with Gasteiger partial charge in [-0.25, -0.2) is 9.97 Å². The first kappa shape index (κ1) is 16.1. The second kappa shape index (κ2) is 6.46. The Morgan fingerprint density at radius 3 is 2.76 bits per heavy atom. The molecule has 0 unspecified atom stereocenters. The number of anilines is 1. The molecule has 0 saturated heterocycles. The third kappa shape index (κ3) is 2.99. The second-order valence-corrected chi connectivity index (χ2v) is 6.59. The molecular weight excluding hydrogens is 354 g/mol. The number of fused-ring (bicyclic) bond motifs is 2. The minimum Gasteiger partial charge on any atom is -0.365 e. The first-order valence-corrected chi connectivity index (χ1v) is 8.80. The SMILES string of the molecule is CCn1c(=S)[nH]c2cc3c(NCc4ccc(Cl)cc4)ncnc3cc21. The summed E-state index contributed by atoms with van der Waals surface area (Å²) in [6, 6.07) is 11.9. The van der Waals surface area contributed by atoms with Crippen LogP contribution in [0.2, 0.25) is 5.02 Å². The van der Waals surface area contributed by atoms with Crippen molar-refractivity contribution in [2.75, 3.05) is 5.32 Å². The van der Waals surface area contributed by atoms with Crippen molar-refractivity contribution in [1.29, 1.82) is 0 Å². The minimum absolute atomic E-state index is 0.660. The van der Waals surface area contributed by atoms with E-state index in [1.54, 1.807) is 6.33 Å². The molecule has 2 aromatic carbocycles. The number of benzene rings is 2. The molecule has 25 heavy (non-hydrogen) atoms. The van der Waals surface area contributed by atoms with Gasteiger partial charge in [-0.05, 0) is 49.0 Å². The number of halogens is 1. The van der Waals surface area contributed by atoms with E-state index in [1.807, 2.05) is 24.3 Å². The topological polar surface area (TPSA) is 58.5 Å². The van der Waals surface area contributed by atoms with Gasteiger partial charge in [-0.2, -0.15) is 0 Å². The van der Waals surface area contributed by atoms with Crippen LogP contribution in [0, 0.1) is 4.77 Å². The Morgan fingerprint density at radius 1 is 1.20 bits per heavy atom. The molecule has 0 amide bonds. The van der Waals surface area contributed by atoms with Crippen molar-refractivity contribution in [1.82, 2.24) is 19.5 Å². The maximum absolute atomic E-state index is 5.93. The van der Waals surface area contributed by atoms with E-state index < -0.39 is 0 Å². The normalized spacial score (nSPS) is 11.3. The Hall–Kier alpha value is -2.44. The van der Waals surface area contributed by atoms with Crippen LogP contribution in [0.15, 0.2) is 42.7 Å². The Balaban J connectivity index is 1.75. The number of H-pyrrole nitrogens is 1. The zero-order chi connectivity index (χ0) is 17.4. The summed E-state index contributed by atoms with van der Waals surface area (Å²) in [4.78, 5) is 12.1. The molecule has 2 N–H and O–H groups in total. The molecule has 0 atom stereocenters. The number of aryl methyl sites for hydroxylation is 1. The van der Waals surface area contributed by atoms with E-state index in [0.717, 1.165) is 49.7 Å². The van der Waals surface area contributed by atoms with Crippen LogP contribution >= 0.6 is 23.8 Å². The Morgan fingerprint density at radius 2 is 2.00 bits per heavy atom. The van der Waals surface area contributed by atoms with Crippen LogP contribution in [0.3, 0.4) is 0 Å². The molecule has 0 aliphatic rings. The van der Waals surface area contributed by atoms with Crippen LogP contribution in [0.4, 0.5) is 5.82 Å². The fraction of sp³-hybridized carbons (Fsp3) is 0.167. The number of hydrogen-bond acceptors (Lipinski definition) is 4. The molecule has 0 aliphatic heterocycles. The number of imidazole rings is 1. The molecular formula is C18H16ClN5S. The van der Waals surface area contributed by atoms with E-state index in [-0.39, 0.29) is 0 Å². The van der Waals surface area contributed by atoms with E-state index in [0.29, 0.717) is 6.54 Å². The van der Waals surface area contributed by atoms with Crippen LogP contribution in [-0.2, 0) is 13.1 Å². The van der Waals surface area contributed by atoms with Gasteiger partial charge in [-0.3, -0.25) is 0 Å². The molecule has 2 heterocycles. The lowest BCUT2D eigenvalue weighted by atomic mass is 10.2. The van der Waals surface area contributed by atoms with Gasteiger partial charge >= 0.3 is 0 Å². The summed E-state index contributed by atoms with van der Waals surface area (Å²) < 4.78 is 2.78. The summed E-state index contributed by atoms with van der Waals surface area (Å²) in [6.45, 7) is 3.55. The van der Waals surface area contributed by atoms with Crippen LogP contribution in [0.5, 0.6) is 0 Å². The molecule has 4 rings (SSSR count). The van der Waals surface area contributed by atoms with Gasteiger partial charge in [-0.15, -0.1) is 0 Å². The molecule has 7 heteroatoms. The zero-order valence-corrected chi connectivity index (χ0v) is 15.2. The third-order valence-electron chi connectivity index (χ3n) is 4.22. The molecule has 0 aliphatic carbocycles. The molecule has 4 aromatic rings. The quantitative estimate of drug-likeness (QED) is 0.501. The Labute approximate surface area is 154 Å². The van der Waals surface area contributed by atoms with Crippen LogP contribution in [0.25, 0.3) is 21.9 Å². The summed E-state index contributed by atoms with van der Waals surface area (Å²) in [6.07, 6.45) is 1.58. The highest BCUT2D eigenvalue weighted by Crippen LogP contribution is 2.26. The van der Waals surface area contributed by atoms with Gasteiger partial charge in [0, 0.05) is 23.5 Å². The average molecular weight is 370 g/mol. The van der Waals surface area contributed by atoms with E-state index in [1.165, 1.54) is 0 Å². The van der Waals surface area contributed by atoms with Crippen molar-refractivity contribution >= 4 is 51.6 Å². The molecule has 126 valence electrons.